The van der Waals surface area contributed by atoms with Gasteiger partial charge in [0.15, 0.2) is 5.16 Å². The highest BCUT2D eigenvalue weighted by atomic mass is 32.2. The minimum atomic E-state index is -0.316. The Morgan fingerprint density at radius 2 is 1.97 bits per heavy atom. The molecule has 0 atom stereocenters. The highest BCUT2D eigenvalue weighted by molar-refractivity contribution is 7.99. The van der Waals surface area contributed by atoms with Crippen LogP contribution in [-0.2, 0) is 17.6 Å². The maximum absolute atomic E-state index is 12.9. The first-order chi connectivity index (χ1) is 16.6. The van der Waals surface area contributed by atoms with Crippen molar-refractivity contribution in [2.24, 2.45) is 5.10 Å². The van der Waals surface area contributed by atoms with Gasteiger partial charge in [-0.3, -0.25) is 9.59 Å². The topological polar surface area (TPSA) is 107 Å². The third-order valence-electron chi connectivity index (χ3n) is 5.72. The summed E-state index contributed by atoms with van der Waals surface area (Å²) in [6.07, 6.45) is 6.14. The Morgan fingerprint density at radius 1 is 1.18 bits per heavy atom. The molecule has 9 heteroatoms. The highest BCUT2D eigenvalue weighted by Gasteiger charge is 2.16. The van der Waals surface area contributed by atoms with Gasteiger partial charge in [-0.25, -0.2) is 10.4 Å². The van der Waals surface area contributed by atoms with Gasteiger partial charge in [0, 0.05) is 10.9 Å². The van der Waals surface area contributed by atoms with Crippen LogP contribution in [0.15, 0.2) is 62.9 Å². The second kappa shape index (κ2) is 9.82. The lowest BCUT2D eigenvalue weighted by Gasteiger charge is -2.16. The number of hydrogen-bond acceptors (Lipinski definition) is 7. The smallest absolute Gasteiger partial charge is 0.260 e. The summed E-state index contributed by atoms with van der Waals surface area (Å²) in [4.78, 5) is 33.0. The van der Waals surface area contributed by atoms with E-state index < -0.39 is 0 Å². The first kappa shape index (κ1) is 22.4. The van der Waals surface area contributed by atoms with Crippen molar-refractivity contribution in [2.75, 3.05) is 5.75 Å². The molecule has 0 bridgehead atoms. The summed E-state index contributed by atoms with van der Waals surface area (Å²) < 4.78 is 0. The predicted molar refractivity (Wildman–Crippen MR) is 137 cm³/mol. The van der Waals surface area contributed by atoms with E-state index in [1.54, 1.807) is 24.3 Å². The van der Waals surface area contributed by atoms with E-state index in [0.717, 1.165) is 41.3 Å². The molecule has 7 nitrogen and oxygen atoms in total. The van der Waals surface area contributed by atoms with Crippen molar-refractivity contribution in [3.8, 4) is 16.9 Å². The maximum atomic E-state index is 12.9. The van der Waals surface area contributed by atoms with Crippen molar-refractivity contribution in [3.05, 3.63) is 74.9 Å². The molecule has 0 saturated carbocycles. The zero-order chi connectivity index (χ0) is 23.5. The van der Waals surface area contributed by atoms with E-state index in [4.69, 9.17) is 0 Å². The number of H-pyrrole nitrogens is 1. The van der Waals surface area contributed by atoms with E-state index in [1.807, 2.05) is 5.38 Å². The molecule has 1 aliphatic rings. The molecule has 1 amide bonds. The molecule has 0 radical (unpaired) electrons. The van der Waals surface area contributed by atoms with E-state index >= 15 is 0 Å². The second-order valence-corrected chi connectivity index (χ2v) is 9.89. The number of nitrogens with zero attached hydrogens (tertiary/aromatic N) is 2. The third kappa shape index (κ3) is 4.90. The van der Waals surface area contributed by atoms with Crippen LogP contribution in [0.2, 0.25) is 0 Å². The predicted octanol–water partition coefficient (Wildman–Crippen LogP) is 4.48. The van der Waals surface area contributed by atoms with Gasteiger partial charge in [-0.15, -0.1) is 11.3 Å². The molecule has 0 fully saturated rings. The second-order valence-electron chi connectivity index (χ2n) is 8.06. The lowest BCUT2D eigenvalue weighted by Crippen LogP contribution is -2.20. The molecular formula is C25H22N4O3S2. The quantitative estimate of drug-likeness (QED) is 0.160. The fraction of sp³-hybridized carbons (Fsp3) is 0.200. The number of carbonyl (C=O) groups excluding carboxylic acids is 1. The number of amides is 1. The number of carbonyl (C=O) groups is 1. The normalized spacial score (nSPS) is 13.3. The molecule has 2 aromatic carbocycles. The van der Waals surface area contributed by atoms with Crippen LogP contribution in [0.3, 0.4) is 0 Å². The van der Waals surface area contributed by atoms with E-state index in [9.17, 15) is 14.7 Å². The number of phenols is 1. The molecule has 5 rings (SSSR count). The number of thioether (sulfide) groups is 1. The Kier molecular flexibility index (Phi) is 6.46. The first-order valence-electron chi connectivity index (χ1n) is 10.9. The molecule has 172 valence electrons. The van der Waals surface area contributed by atoms with Gasteiger partial charge in [-0.2, -0.15) is 5.10 Å². The Labute approximate surface area is 204 Å². The molecule has 2 aromatic heterocycles. The fourth-order valence-corrected chi connectivity index (χ4v) is 5.68. The lowest BCUT2D eigenvalue weighted by molar-refractivity contribution is -0.118. The van der Waals surface area contributed by atoms with E-state index in [1.165, 1.54) is 41.5 Å². The van der Waals surface area contributed by atoms with Crippen LogP contribution in [0, 0.1) is 0 Å². The van der Waals surface area contributed by atoms with Gasteiger partial charge >= 0.3 is 0 Å². The highest BCUT2D eigenvalue weighted by Crippen LogP contribution is 2.34. The zero-order valence-corrected chi connectivity index (χ0v) is 19.8. The number of aromatic nitrogens is 2. The summed E-state index contributed by atoms with van der Waals surface area (Å²) in [5, 5.41) is 16.2. The number of aryl methyl sites for hydroxylation is 2. The largest absolute Gasteiger partial charge is 0.508 e. The van der Waals surface area contributed by atoms with Crippen molar-refractivity contribution in [1.82, 2.24) is 15.4 Å². The number of rotatable bonds is 6. The Bertz CT molecular complexity index is 1440. The van der Waals surface area contributed by atoms with Gasteiger partial charge in [-0.1, -0.05) is 30.0 Å². The minimum absolute atomic E-state index is 0.0599. The van der Waals surface area contributed by atoms with Crippen molar-refractivity contribution in [1.29, 1.82) is 0 Å². The van der Waals surface area contributed by atoms with Gasteiger partial charge in [0.25, 0.3) is 11.5 Å². The lowest BCUT2D eigenvalue weighted by atomic mass is 9.89. The molecular weight excluding hydrogens is 468 g/mol. The average molecular weight is 491 g/mol. The summed E-state index contributed by atoms with van der Waals surface area (Å²) in [7, 11) is 0. The van der Waals surface area contributed by atoms with Gasteiger partial charge in [-0.05, 0) is 72.2 Å². The Morgan fingerprint density at radius 3 is 2.79 bits per heavy atom. The van der Waals surface area contributed by atoms with Crippen molar-refractivity contribution >= 4 is 45.4 Å². The number of phenolic OH excluding ortho intramolecular Hbond substituents is 1. The molecule has 34 heavy (non-hydrogen) atoms. The maximum Gasteiger partial charge on any atom is 0.260 e. The molecule has 1 aliphatic carbocycles. The molecule has 3 N–H and O–H groups in total. The summed E-state index contributed by atoms with van der Waals surface area (Å²) in [5.74, 6) is -0.0926. The number of nitrogens with one attached hydrogen (secondary N) is 2. The van der Waals surface area contributed by atoms with E-state index in [-0.39, 0.29) is 23.0 Å². The number of aromatic hydroxyl groups is 1. The van der Waals surface area contributed by atoms with Crippen LogP contribution in [-0.4, -0.2) is 32.9 Å². The van der Waals surface area contributed by atoms with Crippen LogP contribution in [0.5, 0.6) is 5.75 Å². The monoisotopic (exact) mass is 490 g/mol. The molecule has 0 spiro atoms. The van der Waals surface area contributed by atoms with Crippen LogP contribution in [0.25, 0.3) is 21.3 Å². The Hall–Kier alpha value is -3.43. The molecule has 0 aliphatic heterocycles. The van der Waals surface area contributed by atoms with Crippen LogP contribution >= 0.6 is 23.1 Å². The molecule has 4 aromatic rings. The number of benzene rings is 2. The summed E-state index contributed by atoms with van der Waals surface area (Å²) >= 11 is 2.59. The number of aromatic amines is 1. The minimum Gasteiger partial charge on any atom is -0.508 e. The molecule has 0 saturated heterocycles. The molecule has 0 unspecified atom stereocenters. The third-order valence-corrected chi connectivity index (χ3v) is 7.46. The summed E-state index contributed by atoms with van der Waals surface area (Å²) in [6, 6.07) is 12.9. The summed E-state index contributed by atoms with van der Waals surface area (Å²) in [6.45, 7) is 0. The number of hydrogen-bond donors (Lipinski definition) is 3. The van der Waals surface area contributed by atoms with Gasteiger partial charge in [0.1, 0.15) is 10.6 Å². The van der Waals surface area contributed by atoms with Crippen LogP contribution in [0.1, 0.15) is 29.5 Å². The average Bonchev–Trinajstić information content (AvgIpc) is 3.28. The van der Waals surface area contributed by atoms with Crippen LogP contribution < -0.4 is 11.0 Å². The van der Waals surface area contributed by atoms with Crippen molar-refractivity contribution in [2.45, 2.75) is 30.8 Å². The SMILES string of the molecule is O=C(CSc1nc2scc(-c3ccc4c(c3)CCCC4)c2c(=O)[nH]1)N/N=C/c1ccc(O)cc1. The standard InChI is InChI=1S/C25H22N4O3S2/c30-19-9-5-15(6-10-19)12-26-29-21(31)14-34-25-27-23(32)22-20(13-33-24(22)28-25)18-8-7-16-3-1-2-4-17(16)11-18/h5-13,30H,1-4,14H2,(H,29,31)(H,27,28,32)/b26-12+. The number of fused-ring (bicyclic) bond motifs is 2. The fourth-order valence-electron chi connectivity index (χ4n) is 4.02. The number of thiophene rings is 1. The Balaban J connectivity index is 1.27. The summed E-state index contributed by atoms with van der Waals surface area (Å²) in [5.41, 5.74) is 7.72. The van der Waals surface area contributed by atoms with Crippen LogP contribution in [0.4, 0.5) is 0 Å². The van der Waals surface area contributed by atoms with E-state index in [2.05, 4.69) is 38.7 Å². The van der Waals surface area contributed by atoms with Gasteiger partial charge in [0.05, 0.1) is 17.4 Å². The van der Waals surface area contributed by atoms with E-state index in [0.29, 0.717) is 15.4 Å². The zero-order valence-electron chi connectivity index (χ0n) is 18.2. The first-order valence-corrected chi connectivity index (χ1v) is 12.8. The van der Waals surface area contributed by atoms with Gasteiger partial charge in [0.2, 0.25) is 0 Å². The van der Waals surface area contributed by atoms with Crippen molar-refractivity contribution in [3.63, 3.8) is 0 Å². The number of hydrazone groups is 1. The molecule has 2 heterocycles. The van der Waals surface area contributed by atoms with Gasteiger partial charge < -0.3 is 10.1 Å². The van der Waals surface area contributed by atoms with Crippen molar-refractivity contribution < 1.29 is 9.90 Å².